The SMILES string of the molecule is Cn1cc(-c2cc(C(=O)N3CCC[C@@H](c4cccc(-c5cccc(C(N)=O)c5)n4)C3)ccn2)cn1. The van der Waals surface area contributed by atoms with Crippen LogP contribution in [-0.2, 0) is 7.05 Å². The summed E-state index contributed by atoms with van der Waals surface area (Å²) in [4.78, 5) is 36.1. The van der Waals surface area contributed by atoms with Crippen molar-refractivity contribution in [3.63, 3.8) is 0 Å². The van der Waals surface area contributed by atoms with Gasteiger partial charge in [0.05, 0.1) is 17.6 Å². The molecule has 0 aliphatic carbocycles. The Morgan fingerprint density at radius 3 is 2.66 bits per heavy atom. The van der Waals surface area contributed by atoms with Gasteiger partial charge in [0.2, 0.25) is 5.91 Å². The number of piperidine rings is 1. The minimum Gasteiger partial charge on any atom is -0.366 e. The van der Waals surface area contributed by atoms with Crippen LogP contribution >= 0.6 is 0 Å². The van der Waals surface area contributed by atoms with E-state index in [4.69, 9.17) is 10.7 Å². The van der Waals surface area contributed by atoms with E-state index in [1.54, 1.807) is 41.3 Å². The number of benzene rings is 1. The minimum absolute atomic E-state index is 0.00689. The third-order valence-electron chi connectivity index (χ3n) is 6.35. The van der Waals surface area contributed by atoms with Gasteiger partial charge in [0.25, 0.3) is 5.91 Å². The number of likely N-dealkylation sites (tertiary alicyclic amines) is 1. The average Bonchev–Trinajstić information content (AvgIpc) is 3.35. The lowest BCUT2D eigenvalue weighted by atomic mass is 9.93. The summed E-state index contributed by atoms with van der Waals surface area (Å²) in [5, 5.41) is 4.19. The van der Waals surface area contributed by atoms with Crippen LogP contribution in [0.15, 0.2) is 73.2 Å². The molecule has 1 atom stereocenters. The highest BCUT2D eigenvalue weighted by molar-refractivity contribution is 5.95. The van der Waals surface area contributed by atoms with Gasteiger partial charge in [0.15, 0.2) is 0 Å². The van der Waals surface area contributed by atoms with Crippen molar-refractivity contribution in [3.8, 4) is 22.5 Å². The number of pyridine rings is 2. The van der Waals surface area contributed by atoms with Crippen molar-refractivity contribution in [2.75, 3.05) is 13.1 Å². The summed E-state index contributed by atoms with van der Waals surface area (Å²) >= 11 is 0. The second-order valence-corrected chi connectivity index (χ2v) is 8.82. The number of hydrogen-bond donors (Lipinski definition) is 1. The highest BCUT2D eigenvalue weighted by Gasteiger charge is 2.27. The van der Waals surface area contributed by atoms with Gasteiger partial charge in [0, 0.05) is 66.4 Å². The molecular formula is C27H26N6O2. The zero-order valence-electron chi connectivity index (χ0n) is 19.5. The second kappa shape index (κ2) is 9.50. The zero-order valence-corrected chi connectivity index (χ0v) is 19.5. The van der Waals surface area contributed by atoms with Crippen LogP contribution in [0.3, 0.4) is 0 Å². The Hall–Kier alpha value is -4.33. The van der Waals surface area contributed by atoms with Crippen LogP contribution in [0.2, 0.25) is 0 Å². The number of primary amides is 1. The number of amides is 2. The van der Waals surface area contributed by atoms with Gasteiger partial charge in [-0.1, -0.05) is 18.2 Å². The molecule has 0 saturated carbocycles. The Labute approximate surface area is 203 Å². The Balaban J connectivity index is 1.35. The largest absolute Gasteiger partial charge is 0.366 e. The van der Waals surface area contributed by atoms with Crippen molar-refractivity contribution < 1.29 is 9.59 Å². The van der Waals surface area contributed by atoms with E-state index in [0.717, 1.165) is 41.1 Å². The van der Waals surface area contributed by atoms with E-state index < -0.39 is 5.91 Å². The summed E-state index contributed by atoms with van der Waals surface area (Å²) in [6, 6.07) is 16.7. The molecule has 1 aliphatic heterocycles. The fourth-order valence-electron chi connectivity index (χ4n) is 4.53. The first-order chi connectivity index (χ1) is 17.0. The highest BCUT2D eigenvalue weighted by atomic mass is 16.2. The van der Waals surface area contributed by atoms with Gasteiger partial charge in [-0.25, -0.2) is 0 Å². The molecule has 1 saturated heterocycles. The zero-order chi connectivity index (χ0) is 24.4. The van der Waals surface area contributed by atoms with Gasteiger partial charge in [-0.15, -0.1) is 0 Å². The normalized spacial score (nSPS) is 15.7. The third kappa shape index (κ3) is 4.82. The number of hydrogen-bond acceptors (Lipinski definition) is 5. The molecule has 4 heterocycles. The van der Waals surface area contributed by atoms with E-state index in [1.165, 1.54) is 0 Å². The fraction of sp³-hybridized carbons (Fsp3) is 0.222. The molecule has 2 N–H and O–H groups in total. The molecule has 0 spiro atoms. The van der Waals surface area contributed by atoms with Crippen molar-refractivity contribution >= 4 is 11.8 Å². The van der Waals surface area contributed by atoms with Gasteiger partial charge in [-0.05, 0) is 49.2 Å². The smallest absolute Gasteiger partial charge is 0.254 e. The van der Waals surface area contributed by atoms with E-state index in [0.29, 0.717) is 24.2 Å². The summed E-state index contributed by atoms with van der Waals surface area (Å²) in [5.74, 6) is -0.341. The number of aryl methyl sites for hydroxylation is 1. The second-order valence-electron chi connectivity index (χ2n) is 8.82. The molecular weight excluding hydrogens is 440 g/mol. The summed E-state index contributed by atoms with van der Waals surface area (Å²) in [6.07, 6.45) is 7.15. The van der Waals surface area contributed by atoms with Crippen molar-refractivity contribution in [1.82, 2.24) is 24.6 Å². The van der Waals surface area contributed by atoms with Crippen molar-refractivity contribution in [3.05, 3.63) is 90.0 Å². The van der Waals surface area contributed by atoms with Gasteiger partial charge in [-0.3, -0.25) is 24.2 Å². The maximum atomic E-state index is 13.4. The van der Waals surface area contributed by atoms with E-state index in [9.17, 15) is 9.59 Å². The fourth-order valence-corrected chi connectivity index (χ4v) is 4.53. The van der Waals surface area contributed by atoms with Crippen LogP contribution in [-0.4, -0.2) is 49.6 Å². The molecule has 3 aromatic heterocycles. The summed E-state index contributed by atoms with van der Waals surface area (Å²) in [5.41, 5.74) is 10.7. The number of rotatable bonds is 5. The van der Waals surface area contributed by atoms with Crippen LogP contribution in [0.25, 0.3) is 22.5 Å². The van der Waals surface area contributed by atoms with Crippen LogP contribution < -0.4 is 5.73 Å². The molecule has 8 heteroatoms. The molecule has 1 fully saturated rings. The summed E-state index contributed by atoms with van der Waals surface area (Å²) < 4.78 is 1.71. The van der Waals surface area contributed by atoms with Crippen molar-refractivity contribution in [2.45, 2.75) is 18.8 Å². The molecule has 4 aromatic rings. The number of nitrogens with two attached hydrogens (primary N) is 1. The molecule has 0 bridgehead atoms. The predicted octanol–water partition coefficient (Wildman–Crippen LogP) is 3.66. The maximum Gasteiger partial charge on any atom is 0.254 e. The molecule has 5 rings (SSSR count). The topological polar surface area (TPSA) is 107 Å². The van der Waals surface area contributed by atoms with Gasteiger partial charge < -0.3 is 10.6 Å². The molecule has 35 heavy (non-hydrogen) atoms. The number of carbonyl (C=O) groups excluding carboxylic acids is 2. The quantitative estimate of drug-likeness (QED) is 0.483. The third-order valence-corrected chi connectivity index (χ3v) is 6.35. The highest BCUT2D eigenvalue weighted by Crippen LogP contribution is 2.29. The average molecular weight is 467 g/mol. The van der Waals surface area contributed by atoms with Gasteiger partial charge in [-0.2, -0.15) is 5.10 Å². The number of nitrogens with zero attached hydrogens (tertiary/aromatic N) is 5. The van der Waals surface area contributed by atoms with Crippen LogP contribution in [0, 0.1) is 0 Å². The Morgan fingerprint density at radius 1 is 1.00 bits per heavy atom. The summed E-state index contributed by atoms with van der Waals surface area (Å²) in [7, 11) is 1.85. The first kappa shape index (κ1) is 22.5. The lowest BCUT2D eigenvalue weighted by molar-refractivity contribution is 0.0705. The Bertz CT molecular complexity index is 1400. The first-order valence-electron chi connectivity index (χ1n) is 11.6. The van der Waals surface area contributed by atoms with Crippen LogP contribution in [0.4, 0.5) is 0 Å². The maximum absolute atomic E-state index is 13.4. The predicted molar refractivity (Wildman–Crippen MR) is 133 cm³/mol. The van der Waals surface area contributed by atoms with E-state index in [2.05, 4.69) is 10.1 Å². The van der Waals surface area contributed by atoms with E-state index >= 15 is 0 Å². The molecule has 176 valence electrons. The molecule has 8 nitrogen and oxygen atoms in total. The lowest BCUT2D eigenvalue weighted by Gasteiger charge is -2.32. The molecule has 1 aromatic carbocycles. The van der Waals surface area contributed by atoms with E-state index in [1.807, 2.05) is 48.5 Å². The Morgan fingerprint density at radius 2 is 1.86 bits per heavy atom. The van der Waals surface area contributed by atoms with Crippen molar-refractivity contribution in [2.24, 2.45) is 12.8 Å². The van der Waals surface area contributed by atoms with Gasteiger partial charge in [0.1, 0.15) is 0 Å². The standard InChI is InChI=1S/C27H26N6O2/c1-32-16-22(15-30-32)25-14-20(10-11-29-25)27(35)33-12-4-7-21(17-33)24-9-3-8-23(31-24)18-5-2-6-19(13-18)26(28)34/h2-3,5-6,8-11,13-16,21H,4,7,12,17H2,1H3,(H2,28,34)/t21-/m1/s1. The molecule has 0 unspecified atom stereocenters. The minimum atomic E-state index is -0.466. The monoisotopic (exact) mass is 466 g/mol. The van der Waals surface area contributed by atoms with Crippen LogP contribution in [0.5, 0.6) is 0 Å². The number of carbonyl (C=O) groups is 2. The lowest BCUT2D eigenvalue weighted by Crippen LogP contribution is -2.39. The molecule has 2 amide bonds. The number of aromatic nitrogens is 4. The van der Waals surface area contributed by atoms with E-state index in [-0.39, 0.29) is 11.8 Å². The Kier molecular flexibility index (Phi) is 6.10. The molecule has 0 radical (unpaired) electrons. The first-order valence-corrected chi connectivity index (χ1v) is 11.6. The summed E-state index contributed by atoms with van der Waals surface area (Å²) in [6.45, 7) is 1.31. The molecule has 1 aliphatic rings. The van der Waals surface area contributed by atoms with Gasteiger partial charge >= 0.3 is 0 Å². The van der Waals surface area contributed by atoms with Crippen LogP contribution in [0.1, 0.15) is 45.2 Å². The van der Waals surface area contributed by atoms with Crippen molar-refractivity contribution in [1.29, 1.82) is 0 Å².